The topological polar surface area (TPSA) is 58.2 Å². The minimum atomic E-state index is -0.304. The van der Waals surface area contributed by atoms with E-state index < -0.39 is 0 Å². The fourth-order valence-corrected chi connectivity index (χ4v) is 1.88. The van der Waals surface area contributed by atoms with Gasteiger partial charge in [0.2, 0.25) is 6.41 Å². The summed E-state index contributed by atoms with van der Waals surface area (Å²) in [6.07, 6.45) is 0.523. The number of nitrogens with one attached hydrogen (secondary N) is 2. The van der Waals surface area contributed by atoms with Crippen molar-refractivity contribution in [2.75, 3.05) is 12.4 Å². The van der Waals surface area contributed by atoms with Crippen molar-refractivity contribution in [3.8, 4) is 0 Å². The molecule has 4 nitrogen and oxygen atoms in total. The van der Waals surface area contributed by atoms with Crippen molar-refractivity contribution in [3.63, 3.8) is 0 Å². The molecule has 0 heterocycles. The Balaban J connectivity index is 0.00000137. The van der Waals surface area contributed by atoms with Gasteiger partial charge in [0.1, 0.15) is 0 Å². The molecule has 0 aliphatic heterocycles. The van der Waals surface area contributed by atoms with E-state index in [1.54, 1.807) is 6.92 Å². The van der Waals surface area contributed by atoms with E-state index in [4.69, 9.17) is 11.6 Å². The molecule has 1 aromatic carbocycles. The quantitative estimate of drug-likeness (QED) is 0.832. The number of carbonyl (C=O) groups excluding carboxylic acids is 2. The van der Waals surface area contributed by atoms with E-state index in [9.17, 15) is 9.59 Å². The largest absolute Gasteiger partial charge is 0.355 e. The molecule has 0 unspecified atom stereocenters. The van der Waals surface area contributed by atoms with Gasteiger partial charge in [-0.15, -0.1) is 0 Å². The predicted octanol–water partition coefficient (Wildman–Crippen LogP) is 3.37. The molecule has 2 amide bonds. The van der Waals surface area contributed by atoms with Crippen LogP contribution in [0.4, 0.5) is 5.69 Å². The second-order valence-corrected chi connectivity index (χ2v) is 4.26. The number of hydrogen-bond acceptors (Lipinski definition) is 2. The maximum Gasteiger partial charge on any atom is 0.253 e. The van der Waals surface area contributed by atoms with Crippen LogP contribution in [0.2, 0.25) is 5.02 Å². The van der Waals surface area contributed by atoms with E-state index in [0.29, 0.717) is 32.7 Å². The lowest BCUT2D eigenvalue weighted by atomic mass is 10.1. The lowest BCUT2D eigenvalue weighted by molar-refractivity contribution is -0.105. The van der Waals surface area contributed by atoms with Gasteiger partial charge in [0.15, 0.2) is 0 Å². The van der Waals surface area contributed by atoms with Crippen LogP contribution in [-0.4, -0.2) is 19.4 Å². The minimum absolute atomic E-state index is 0.304. The van der Waals surface area contributed by atoms with Crippen LogP contribution in [0.3, 0.4) is 0 Å². The molecule has 6 heteroatoms. The SMILES string of the molecule is CC.CNC(=O)c1cc(Cl)c(Br)c(C)c1NC=O. The highest BCUT2D eigenvalue weighted by Gasteiger charge is 2.16. The second kappa shape index (κ2) is 8.11. The summed E-state index contributed by atoms with van der Waals surface area (Å²) in [7, 11) is 1.51. The van der Waals surface area contributed by atoms with Crippen LogP contribution in [0.1, 0.15) is 29.8 Å². The first-order valence-electron chi connectivity index (χ1n) is 5.43. The molecular formula is C12H16BrClN2O2. The average Bonchev–Trinajstić information content (AvgIpc) is 2.40. The molecule has 100 valence electrons. The predicted molar refractivity (Wildman–Crippen MR) is 78.3 cm³/mol. The maximum absolute atomic E-state index is 11.6. The summed E-state index contributed by atoms with van der Waals surface area (Å²) < 4.78 is 0.658. The number of benzene rings is 1. The summed E-state index contributed by atoms with van der Waals surface area (Å²) in [5, 5.41) is 5.41. The molecule has 1 rings (SSSR count). The van der Waals surface area contributed by atoms with Crippen LogP contribution in [0.5, 0.6) is 0 Å². The minimum Gasteiger partial charge on any atom is -0.355 e. The fourth-order valence-electron chi connectivity index (χ4n) is 1.31. The zero-order valence-corrected chi connectivity index (χ0v) is 13.1. The summed E-state index contributed by atoms with van der Waals surface area (Å²) in [6, 6.07) is 1.50. The molecular weight excluding hydrogens is 320 g/mol. The third kappa shape index (κ3) is 3.71. The molecule has 0 saturated carbocycles. The third-order valence-corrected chi connectivity index (χ3v) is 3.68. The van der Waals surface area contributed by atoms with Crippen molar-refractivity contribution in [1.29, 1.82) is 0 Å². The van der Waals surface area contributed by atoms with Gasteiger partial charge in [-0.2, -0.15) is 0 Å². The van der Waals surface area contributed by atoms with Crippen LogP contribution in [0.25, 0.3) is 0 Å². The van der Waals surface area contributed by atoms with Gasteiger partial charge in [-0.25, -0.2) is 0 Å². The van der Waals surface area contributed by atoms with Crippen LogP contribution < -0.4 is 10.6 Å². The molecule has 0 bridgehead atoms. The van der Waals surface area contributed by atoms with Gasteiger partial charge in [0, 0.05) is 11.5 Å². The Morgan fingerprint density at radius 3 is 2.44 bits per heavy atom. The standard InChI is InChI=1S/C10H10BrClN2O2.C2H6/c1-5-8(11)7(12)3-6(10(16)13-2)9(5)14-4-15;1-2/h3-4H,1-2H3,(H,13,16)(H,14,15);1-2H3. The van der Waals surface area contributed by atoms with E-state index in [1.165, 1.54) is 13.1 Å². The first-order chi connectivity index (χ1) is 8.52. The average molecular weight is 336 g/mol. The number of carbonyl (C=O) groups is 2. The smallest absolute Gasteiger partial charge is 0.253 e. The first kappa shape index (κ1) is 16.9. The summed E-state index contributed by atoms with van der Waals surface area (Å²) in [4.78, 5) is 22.1. The van der Waals surface area contributed by atoms with Crippen LogP contribution in [-0.2, 0) is 4.79 Å². The highest BCUT2D eigenvalue weighted by Crippen LogP contribution is 2.34. The molecule has 0 aromatic heterocycles. The van der Waals surface area contributed by atoms with Crippen LogP contribution in [0, 0.1) is 6.92 Å². The van der Waals surface area contributed by atoms with E-state index in [0.717, 1.165) is 0 Å². The number of anilines is 1. The molecule has 0 fully saturated rings. The molecule has 2 N–H and O–H groups in total. The Kier molecular flexibility index (Phi) is 7.62. The molecule has 0 atom stereocenters. The molecule has 18 heavy (non-hydrogen) atoms. The van der Waals surface area contributed by atoms with E-state index >= 15 is 0 Å². The van der Waals surface area contributed by atoms with Crippen molar-refractivity contribution in [1.82, 2.24) is 5.32 Å². The summed E-state index contributed by atoms with van der Waals surface area (Å²) >= 11 is 9.23. The first-order valence-corrected chi connectivity index (χ1v) is 6.60. The van der Waals surface area contributed by atoms with Gasteiger partial charge in [-0.05, 0) is 34.5 Å². The Morgan fingerprint density at radius 1 is 1.44 bits per heavy atom. The van der Waals surface area contributed by atoms with Gasteiger partial charge in [-0.3, -0.25) is 9.59 Å². The van der Waals surface area contributed by atoms with Crippen molar-refractivity contribution in [2.24, 2.45) is 0 Å². The van der Waals surface area contributed by atoms with Gasteiger partial charge in [0.05, 0.1) is 16.3 Å². The zero-order valence-electron chi connectivity index (χ0n) is 10.7. The number of halogens is 2. The van der Waals surface area contributed by atoms with Gasteiger partial charge in [-0.1, -0.05) is 25.4 Å². The number of amides is 2. The number of hydrogen-bond donors (Lipinski definition) is 2. The van der Waals surface area contributed by atoms with E-state index in [1.807, 2.05) is 13.8 Å². The highest BCUT2D eigenvalue weighted by atomic mass is 79.9. The monoisotopic (exact) mass is 334 g/mol. The Morgan fingerprint density at radius 2 is 2.00 bits per heavy atom. The molecule has 0 aliphatic rings. The molecule has 0 saturated heterocycles. The highest BCUT2D eigenvalue weighted by molar-refractivity contribution is 9.10. The van der Waals surface area contributed by atoms with Crippen molar-refractivity contribution in [2.45, 2.75) is 20.8 Å². The van der Waals surface area contributed by atoms with Gasteiger partial charge < -0.3 is 10.6 Å². The van der Waals surface area contributed by atoms with Gasteiger partial charge in [0.25, 0.3) is 5.91 Å². The van der Waals surface area contributed by atoms with E-state index in [2.05, 4.69) is 26.6 Å². The maximum atomic E-state index is 11.6. The van der Waals surface area contributed by atoms with Crippen LogP contribution in [0.15, 0.2) is 10.5 Å². The molecule has 1 aromatic rings. The Labute approximate surface area is 120 Å². The van der Waals surface area contributed by atoms with Crippen LogP contribution >= 0.6 is 27.5 Å². The molecule has 0 aliphatic carbocycles. The second-order valence-electron chi connectivity index (χ2n) is 3.06. The van der Waals surface area contributed by atoms with Crippen molar-refractivity contribution in [3.05, 3.63) is 26.7 Å². The zero-order chi connectivity index (χ0) is 14.3. The summed E-state index contributed by atoms with van der Waals surface area (Å²) in [5.74, 6) is -0.304. The number of rotatable bonds is 3. The van der Waals surface area contributed by atoms with Gasteiger partial charge >= 0.3 is 0 Å². The normalized spacial score (nSPS) is 9.00. The fraction of sp³-hybridized carbons (Fsp3) is 0.333. The Hall–Kier alpha value is -1.07. The third-order valence-electron chi connectivity index (χ3n) is 2.13. The Bertz CT molecular complexity index is 450. The summed E-state index contributed by atoms with van der Waals surface area (Å²) in [6.45, 7) is 5.76. The van der Waals surface area contributed by atoms with Crippen molar-refractivity contribution >= 4 is 45.5 Å². The van der Waals surface area contributed by atoms with E-state index in [-0.39, 0.29) is 5.91 Å². The lowest BCUT2D eigenvalue weighted by Crippen LogP contribution is -2.20. The summed E-state index contributed by atoms with van der Waals surface area (Å²) in [5.41, 5.74) is 1.49. The lowest BCUT2D eigenvalue weighted by Gasteiger charge is -2.13. The molecule has 0 radical (unpaired) electrons. The van der Waals surface area contributed by atoms with Crippen molar-refractivity contribution < 1.29 is 9.59 Å². The molecule has 0 spiro atoms.